The summed E-state index contributed by atoms with van der Waals surface area (Å²) in [6.07, 6.45) is 2.44. The predicted octanol–water partition coefficient (Wildman–Crippen LogP) is 5.20. The number of ether oxygens (including phenoxy) is 2. The van der Waals surface area contributed by atoms with E-state index in [-0.39, 0.29) is 23.3 Å². The Morgan fingerprint density at radius 1 is 1.23 bits per heavy atom. The molecular formula is C24H21ClN4O4S2. The van der Waals surface area contributed by atoms with Gasteiger partial charge in [-0.05, 0) is 42.3 Å². The van der Waals surface area contributed by atoms with Gasteiger partial charge in [-0.25, -0.2) is 0 Å². The summed E-state index contributed by atoms with van der Waals surface area (Å²) in [6.45, 7) is 1.73. The Bertz CT molecular complexity index is 1320. The Hall–Kier alpha value is -3.21. The monoisotopic (exact) mass is 528 g/mol. The van der Waals surface area contributed by atoms with E-state index < -0.39 is 5.92 Å². The topological polar surface area (TPSA) is 114 Å². The highest BCUT2D eigenvalue weighted by molar-refractivity contribution is 8.19. The SMILES string of the molecule is CCc1nnc([C@H]2C(=N)S/C(=C\c3ccc(OCC(=O)Nc4ccccc4Cl)c(OC)c3)C2=O)s1. The molecule has 2 aromatic carbocycles. The Kier molecular flexibility index (Phi) is 7.84. The van der Waals surface area contributed by atoms with Crippen LogP contribution in [0.1, 0.15) is 28.4 Å². The molecule has 2 N–H and O–H groups in total. The van der Waals surface area contributed by atoms with Gasteiger partial charge in [0.2, 0.25) is 0 Å². The van der Waals surface area contributed by atoms with Crippen LogP contribution in [0.25, 0.3) is 6.08 Å². The summed E-state index contributed by atoms with van der Waals surface area (Å²) in [5, 5.41) is 21.2. The number of hydrogen-bond acceptors (Lipinski definition) is 9. The molecular weight excluding hydrogens is 508 g/mol. The number of hydrogen-bond donors (Lipinski definition) is 2. The number of rotatable bonds is 8. The number of carbonyl (C=O) groups is 2. The molecule has 0 radical (unpaired) electrons. The van der Waals surface area contributed by atoms with Gasteiger partial charge >= 0.3 is 0 Å². The number of methoxy groups -OCH3 is 1. The van der Waals surface area contributed by atoms with Crippen molar-refractivity contribution in [3.8, 4) is 11.5 Å². The van der Waals surface area contributed by atoms with Crippen molar-refractivity contribution < 1.29 is 19.1 Å². The number of allylic oxidation sites excluding steroid dienone is 1. The minimum atomic E-state index is -0.704. The van der Waals surface area contributed by atoms with E-state index in [0.29, 0.717) is 37.7 Å². The lowest BCUT2D eigenvalue weighted by Gasteiger charge is -2.12. The number of aromatic nitrogens is 2. The molecule has 1 atom stereocenters. The minimum Gasteiger partial charge on any atom is -0.493 e. The lowest BCUT2D eigenvalue weighted by atomic mass is 10.1. The molecule has 1 fully saturated rings. The molecule has 35 heavy (non-hydrogen) atoms. The average molecular weight is 529 g/mol. The first-order valence-corrected chi connectivity index (χ1v) is 12.6. The van der Waals surface area contributed by atoms with Crippen molar-refractivity contribution in [3.05, 3.63) is 68.0 Å². The van der Waals surface area contributed by atoms with E-state index in [9.17, 15) is 9.59 Å². The highest BCUT2D eigenvalue weighted by Gasteiger charge is 2.39. The molecule has 1 aliphatic heterocycles. The molecule has 4 rings (SSSR count). The van der Waals surface area contributed by atoms with Gasteiger partial charge in [0.1, 0.15) is 15.9 Å². The van der Waals surface area contributed by atoms with E-state index in [4.69, 9.17) is 26.5 Å². The molecule has 8 nitrogen and oxygen atoms in total. The molecule has 180 valence electrons. The number of carbonyl (C=O) groups excluding carboxylic acids is 2. The van der Waals surface area contributed by atoms with Gasteiger partial charge in [-0.1, -0.05) is 48.5 Å². The number of aryl methyl sites for hydroxylation is 1. The van der Waals surface area contributed by atoms with Crippen LogP contribution in [-0.2, 0) is 16.0 Å². The molecule has 3 aromatic rings. The number of benzene rings is 2. The van der Waals surface area contributed by atoms with Crippen molar-refractivity contribution in [2.24, 2.45) is 0 Å². The predicted molar refractivity (Wildman–Crippen MR) is 139 cm³/mol. The summed E-state index contributed by atoms with van der Waals surface area (Å²) < 4.78 is 11.0. The second kappa shape index (κ2) is 11.0. The number of nitrogens with one attached hydrogen (secondary N) is 2. The molecule has 1 aliphatic rings. The molecule has 2 heterocycles. The number of anilines is 1. The number of para-hydroxylation sites is 1. The van der Waals surface area contributed by atoms with Crippen LogP contribution in [0.4, 0.5) is 5.69 Å². The second-order valence-corrected chi connectivity index (χ2v) is 9.97. The third-order valence-corrected chi connectivity index (χ3v) is 7.47. The van der Waals surface area contributed by atoms with Crippen LogP contribution in [0.2, 0.25) is 5.02 Å². The molecule has 11 heteroatoms. The summed E-state index contributed by atoms with van der Waals surface area (Å²) in [4.78, 5) is 25.7. The van der Waals surface area contributed by atoms with Gasteiger partial charge in [-0.15, -0.1) is 21.5 Å². The largest absolute Gasteiger partial charge is 0.493 e. The Morgan fingerprint density at radius 3 is 2.74 bits per heavy atom. The molecule has 0 unspecified atom stereocenters. The van der Waals surface area contributed by atoms with Crippen molar-refractivity contribution in [1.82, 2.24) is 10.2 Å². The number of ketones is 1. The first-order valence-electron chi connectivity index (χ1n) is 10.6. The summed E-state index contributed by atoms with van der Waals surface area (Å²) in [7, 11) is 1.49. The third-order valence-electron chi connectivity index (χ3n) is 5.01. The van der Waals surface area contributed by atoms with Crippen LogP contribution >= 0.6 is 34.7 Å². The Labute approximate surface area is 215 Å². The maximum Gasteiger partial charge on any atom is 0.262 e. The van der Waals surface area contributed by atoms with Gasteiger partial charge in [-0.3, -0.25) is 15.0 Å². The fraction of sp³-hybridized carbons (Fsp3) is 0.208. The number of thioether (sulfide) groups is 1. The number of Topliss-reactive ketones (excluding diaryl/α,β-unsaturated/α-hetero) is 1. The molecule has 0 aliphatic carbocycles. The van der Waals surface area contributed by atoms with E-state index in [0.717, 1.165) is 23.2 Å². The van der Waals surface area contributed by atoms with Gasteiger partial charge in [0, 0.05) is 0 Å². The Morgan fingerprint density at radius 2 is 2.03 bits per heavy atom. The van der Waals surface area contributed by atoms with Crippen molar-refractivity contribution in [1.29, 1.82) is 5.41 Å². The van der Waals surface area contributed by atoms with Crippen molar-refractivity contribution >= 4 is 63.2 Å². The van der Waals surface area contributed by atoms with Gasteiger partial charge in [-0.2, -0.15) is 0 Å². The van der Waals surface area contributed by atoms with Crippen molar-refractivity contribution in [2.45, 2.75) is 19.3 Å². The molecule has 1 aromatic heterocycles. The summed E-state index contributed by atoms with van der Waals surface area (Å²) in [5.41, 5.74) is 1.20. The van der Waals surface area contributed by atoms with Gasteiger partial charge in [0.15, 0.2) is 23.9 Å². The normalized spacial score (nSPS) is 16.5. The fourth-order valence-electron chi connectivity index (χ4n) is 3.28. The fourth-order valence-corrected chi connectivity index (χ4v) is 5.41. The number of nitrogens with zero attached hydrogens (tertiary/aromatic N) is 2. The van der Waals surface area contributed by atoms with Crippen LogP contribution in [0.5, 0.6) is 11.5 Å². The van der Waals surface area contributed by atoms with Crippen LogP contribution in [0.3, 0.4) is 0 Å². The molecule has 1 saturated heterocycles. The quantitative estimate of drug-likeness (QED) is 0.386. The zero-order valence-electron chi connectivity index (χ0n) is 18.8. The lowest BCUT2D eigenvalue weighted by molar-refractivity contribution is -0.118. The summed E-state index contributed by atoms with van der Waals surface area (Å²) >= 11 is 8.55. The van der Waals surface area contributed by atoms with Gasteiger partial charge < -0.3 is 14.8 Å². The highest BCUT2D eigenvalue weighted by atomic mass is 35.5. The zero-order valence-corrected chi connectivity index (χ0v) is 21.2. The molecule has 0 saturated carbocycles. The maximum atomic E-state index is 13.0. The minimum absolute atomic E-state index is 0.172. The first-order chi connectivity index (χ1) is 16.9. The summed E-state index contributed by atoms with van der Waals surface area (Å²) in [6, 6.07) is 12.0. The molecule has 1 amide bonds. The van der Waals surface area contributed by atoms with Crippen molar-refractivity contribution in [2.75, 3.05) is 19.0 Å². The van der Waals surface area contributed by atoms with Crippen LogP contribution in [-0.4, -0.2) is 40.6 Å². The maximum absolute atomic E-state index is 13.0. The van der Waals surface area contributed by atoms with E-state index in [1.807, 2.05) is 6.92 Å². The highest BCUT2D eigenvalue weighted by Crippen LogP contribution is 2.42. The molecule has 0 spiro atoms. The number of amides is 1. The van der Waals surface area contributed by atoms with Crippen LogP contribution in [0, 0.1) is 5.41 Å². The van der Waals surface area contributed by atoms with Gasteiger partial charge in [0.05, 0.1) is 27.8 Å². The van der Waals surface area contributed by atoms with E-state index >= 15 is 0 Å². The lowest BCUT2D eigenvalue weighted by Crippen LogP contribution is -2.20. The molecule has 0 bridgehead atoms. The van der Waals surface area contributed by atoms with Crippen LogP contribution < -0.4 is 14.8 Å². The average Bonchev–Trinajstić information content (AvgIpc) is 3.43. The van der Waals surface area contributed by atoms with E-state index in [2.05, 4.69) is 15.5 Å². The van der Waals surface area contributed by atoms with Gasteiger partial charge in [0.25, 0.3) is 5.91 Å². The van der Waals surface area contributed by atoms with E-state index in [1.54, 1.807) is 48.5 Å². The Balaban J connectivity index is 1.45. The standard InChI is InChI=1S/C24H21ClN4O4S2/c1-3-20-28-29-24(35-20)21-22(31)18(34-23(21)26)11-13-8-9-16(17(10-13)32-2)33-12-19(30)27-15-7-5-4-6-14(15)25/h4-11,21,26H,3,12H2,1-2H3,(H,27,30)/b18-11-,26-23?/t21-/m1/s1. The van der Waals surface area contributed by atoms with Crippen molar-refractivity contribution in [3.63, 3.8) is 0 Å². The first kappa shape index (κ1) is 24.9. The van der Waals surface area contributed by atoms with Crippen LogP contribution in [0.15, 0.2) is 47.4 Å². The number of halogens is 1. The summed E-state index contributed by atoms with van der Waals surface area (Å²) in [5.74, 6) is -0.462. The van der Waals surface area contributed by atoms with E-state index in [1.165, 1.54) is 18.4 Å². The second-order valence-electron chi connectivity index (χ2n) is 7.39. The smallest absolute Gasteiger partial charge is 0.262 e. The zero-order chi connectivity index (χ0) is 24.9. The third kappa shape index (κ3) is 5.72.